The third-order valence-corrected chi connectivity index (χ3v) is 6.56. The number of para-hydroxylation sites is 1. The molecule has 10 heteroatoms. The molecule has 180 valence electrons. The number of aromatic nitrogens is 5. The third-order valence-electron chi connectivity index (χ3n) is 5.61. The van der Waals surface area contributed by atoms with Crippen molar-refractivity contribution in [2.45, 2.75) is 0 Å². The molecule has 8 nitrogen and oxygen atoms in total. The number of aromatic amines is 1. The molecule has 6 aromatic rings. The number of hydrogen-bond donors (Lipinski definition) is 3. The number of H-pyrrole nitrogens is 1. The van der Waals surface area contributed by atoms with Gasteiger partial charge in [0.1, 0.15) is 5.56 Å². The van der Waals surface area contributed by atoms with Crippen LogP contribution in [-0.4, -0.2) is 30.5 Å². The topological polar surface area (TPSA) is 100 Å². The standard InChI is InChI=1S/C27H19N7OS2/c35-25(32-27-29-20(16-37-27)17-10-4-1-5-11-17)21-22(28-19-14-8-3-9-15-19)33-34-23(18-12-6-2-7-13-18)30-26(36)31-24(21)34/h1-16H,(H,28,33)(H,31,36)(H,29,32,35). The molecule has 0 saturated carbocycles. The van der Waals surface area contributed by atoms with Crippen LogP contribution in [0.2, 0.25) is 0 Å². The Bertz CT molecular complexity index is 1760. The lowest BCUT2D eigenvalue weighted by Crippen LogP contribution is -2.14. The first kappa shape index (κ1) is 22.8. The van der Waals surface area contributed by atoms with Crippen LogP contribution in [0.5, 0.6) is 0 Å². The summed E-state index contributed by atoms with van der Waals surface area (Å²) in [5.41, 5.74) is 4.09. The van der Waals surface area contributed by atoms with Crippen molar-refractivity contribution in [3.05, 3.63) is 107 Å². The molecule has 37 heavy (non-hydrogen) atoms. The van der Waals surface area contributed by atoms with E-state index in [2.05, 4.69) is 25.6 Å². The van der Waals surface area contributed by atoms with Gasteiger partial charge in [-0.1, -0.05) is 78.9 Å². The highest BCUT2D eigenvalue weighted by Gasteiger charge is 2.24. The molecule has 0 bridgehead atoms. The average Bonchev–Trinajstić information content (AvgIpc) is 3.54. The van der Waals surface area contributed by atoms with E-state index in [0.717, 1.165) is 22.5 Å². The van der Waals surface area contributed by atoms with Crippen molar-refractivity contribution in [3.63, 3.8) is 0 Å². The average molecular weight is 522 g/mol. The maximum absolute atomic E-state index is 13.7. The minimum Gasteiger partial charge on any atom is -0.338 e. The van der Waals surface area contributed by atoms with Gasteiger partial charge in [0.25, 0.3) is 5.91 Å². The monoisotopic (exact) mass is 521 g/mol. The lowest BCUT2D eigenvalue weighted by atomic mass is 10.2. The van der Waals surface area contributed by atoms with Crippen LogP contribution in [0.25, 0.3) is 28.3 Å². The Morgan fingerprint density at radius 2 is 1.51 bits per heavy atom. The molecule has 0 saturated heterocycles. The Balaban J connectivity index is 1.45. The Kier molecular flexibility index (Phi) is 6.01. The minimum atomic E-state index is -0.377. The van der Waals surface area contributed by atoms with Gasteiger partial charge in [0.05, 0.1) is 5.69 Å². The number of hydrogen-bond acceptors (Lipinski definition) is 7. The molecule has 3 aromatic heterocycles. The van der Waals surface area contributed by atoms with Crippen LogP contribution < -0.4 is 10.6 Å². The zero-order chi connectivity index (χ0) is 25.2. The highest BCUT2D eigenvalue weighted by atomic mass is 32.1. The van der Waals surface area contributed by atoms with Crippen molar-refractivity contribution in [2.75, 3.05) is 10.6 Å². The SMILES string of the molecule is O=C(Nc1nc(-c2ccccc2)cs1)c1c(Nc2ccccc2)nn2c(-c3ccccc3)nc(=S)[nH]c12. The van der Waals surface area contributed by atoms with Crippen molar-refractivity contribution in [3.8, 4) is 22.6 Å². The molecule has 0 fully saturated rings. The highest BCUT2D eigenvalue weighted by Crippen LogP contribution is 2.29. The van der Waals surface area contributed by atoms with Crippen LogP contribution in [0.1, 0.15) is 10.4 Å². The number of benzene rings is 3. The molecule has 6 rings (SSSR count). The molecule has 3 N–H and O–H groups in total. The maximum atomic E-state index is 13.7. The smallest absolute Gasteiger partial charge is 0.265 e. The molecule has 1 amide bonds. The van der Waals surface area contributed by atoms with E-state index in [4.69, 9.17) is 17.3 Å². The number of rotatable bonds is 6. The quantitative estimate of drug-likeness (QED) is 0.214. The first-order valence-corrected chi connectivity index (χ1v) is 12.7. The van der Waals surface area contributed by atoms with Crippen molar-refractivity contribution in [2.24, 2.45) is 0 Å². The first-order chi connectivity index (χ1) is 18.2. The van der Waals surface area contributed by atoms with Gasteiger partial charge in [-0.05, 0) is 24.4 Å². The van der Waals surface area contributed by atoms with E-state index < -0.39 is 0 Å². The fraction of sp³-hybridized carbons (Fsp3) is 0. The number of amides is 1. The summed E-state index contributed by atoms with van der Waals surface area (Å²) in [6, 6.07) is 28.9. The number of fused-ring (bicyclic) bond motifs is 1. The number of nitrogens with zero attached hydrogens (tertiary/aromatic N) is 4. The highest BCUT2D eigenvalue weighted by molar-refractivity contribution is 7.71. The van der Waals surface area contributed by atoms with Crippen LogP contribution in [0.3, 0.4) is 0 Å². The molecular weight excluding hydrogens is 502 g/mol. The predicted molar refractivity (Wildman–Crippen MR) is 149 cm³/mol. The summed E-state index contributed by atoms with van der Waals surface area (Å²) in [5, 5.41) is 13.3. The summed E-state index contributed by atoms with van der Waals surface area (Å²) >= 11 is 6.78. The number of thiazole rings is 1. The van der Waals surface area contributed by atoms with Gasteiger partial charge in [-0.15, -0.1) is 16.4 Å². The van der Waals surface area contributed by atoms with Gasteiger partial charge in [0.2, 0.25) is 0 Å². The van der Waals surface area contributed by atoms with E-state index in [-0.39, 0.29) is 10.7 Å². The molecule has 0 radical (unpaired) electrons. The Morgan fingerprint density at radius 3 is 2.22 bits per heavy atom. The predicted octanol–water partition coefficient (Wildman–Crippen LogP) is 6.57. The molecule has 0 unspecified atom stereocenters. The summed E-state index contributed by atoms with van der Waals surface area (Å²) < 4.78 is 1.84. The second-order valence-electron chi connectivity index (χ2n) is 8.06. The van der Waals surface area contributed by atoms with E-state index in [1.807, 2.05) is 96.4 Å². The van der Waals surface area contributed by atoms with Crippen molar-refractivity contribution < 1.29 is 4.79 Å². The van der Waals surface area contributed by atoms with Crippen LogP contribution >= 0.6 is 23.6 Å². The summed E-state index contributed by atoms with van der Waals surface area (Å²) in [5.74, 6) is 0.507. The summed E-state index contributed by atoms with van der Waals surface area (Å²) in [4.78, 5) is 25.9. The molecule has 0 aliphatic carbocycles. The van der Waals surface area contributed by atoms with Crippen LogP contribution in [-0.2, 0) is 0 Å². The van der Waals surface area contributed by atoms with E-state index in [9.17, 15) is 4.79 Å². The number of anilines is 3. The molecular formula is C27H19N7OS2. The lowest BCUT2D eigenvalue weighted by Gasteiger charge is -2.06. The van der Waals surface area contributed by atoms with Crippen LogP contribution in [0, 0.1) is 4.77 Å². The van der Waals surface area contributed by atoms with Crippen molar-refractivity contribution in [1.29, 1.82) is 0 Å². The Hall–Kier alpha value is -4.67. The van der Waals surface area contributed by atoms with E-state index in [1.54, 1.807) is 4.52 Å². The molecule has 3 heterocycles. The fourth-order valence-corrected chi connectivity index (χ4v) is 4.82. The van der Waals surface area contributed by atoms with Gasteiger partial charge in [-0.2, -0.15) is 9.50 Å². The number of carbonyl (C=O) groups excluding carboxylic acids is 1. The summed E-state index contributed by atoms with van der Waals surface area (Å²) in [6.45, 7) is 0. The van der Waals surface area contributed by atoms with Gasteiger partial charge in [0.15, 0.2) is 27.2 Å². The number of carbonyl (C=O) groups is 1. The molecule has 0 atom stereocenters. The van der Waals surface area contributed by atoms with E-state index in [0.29, 0.717) is 28.0 Å². The normalized spacial score (nSPS) is 10.9. The molecule has 0 aliphatic rings. The summed E-state index contributed by atoms with van der Waals surface area (Å²) in [6.07, 6.45) is 0. The van der Waals surface area contributed by atoms with E-state index in [1.165, 1.54) is 11.3 Å². The zero-order valence-electron chi connectivity index (χ0n) is 19.3. The Labute approximate surface area is 220 Å². The summed E-state index contributed by atoms with van der Waals surface area (Å²) in [7, 11) is 0. The van der Waals surface area contributed by atoms with Crippen LogP contribution in [0.15, 0.2) is 96.4 Å². The van der Waals surface area contributed by atoms with Gasteiger partial charge in [-0.3, -0.25) is 10.1 Å². The second-order valence-corrected chi connectivity index (χ2v) is 9.31. The van der Waals surface area contributed by atoms with Crippen molar-refractivity contribution in [1.82, 2.24) is 24.6 Å². The minimum absolute atomic E-state index is 0.243. The largest absolute Gasteiger partial charge is 0.338 e. The fourth-order valence-electron chi connectivity index (χ4n) is 3.93. The lowest BCUT2D eigenvalue weighted by molar-refractivity contribution is 0.102. The molecule has 0 spiro atoms. The van der Waals surface area contributed by atoms with Crippen LogP contribution in [0.4, 0.5) is 16.6 Å². The first-order valence-electron chi connectivity index (χ1n) is 11.4. The number of nitrogens with one attached hydrogen (secondary N) is 3. The molecule has 0 aliphatic heterocycles. The molecule has 3 aromatic carbocycles. The zero-order valence-corrected chi connectivity index (χ0v) is 20.9. The van der Waals surface area contributed by atoms with Gasteiger partial charge in [0, 0.05) is 22.2 Å². The van der Waals surface area contributed by atoms with Gasteiger partial charge >= 0.3 is 0 Å². The van der Waals surface area contributed by atoms with Crippen molar-refractivity contribution >= 4 is 51.7 Å². The second kappa shape index (κ2) is 9.76. The third kappa shape index (κ3) is 4.63. The Morgan fingerprint density at radius 1 is 0.865 bits per heavy atom. The maximum Gasteiger partial charge on any atom is 0.265 e. The van der Waals surface area contributed by atoms with E-state index >= 15 is 0 Å². The van der Waals surface area contributed by atoms with Gasteiger partial charge in [-0.25, -0.2) is 4.98 Å². The van der Waals surface area contributed by atoms with Gasteiger partial charge < -0.3 is 10.3 Å².